The molecule has 0 N–H and O–H groups in total. The molecule has 0 saturated heterocycles. The van der Waals surface area contributed by atoms with Crippen molar-refractivity contribution in [1.29, 1.82) is 0 Å². The van der Waals surface area contributed by atoms with Crippen molar-refractivity contribution in [3.8, 4) is 11.3 Å². The molecule has 130 valence electrons. The van der Waals surface area contributed by atoms with E-state index in [1.54, 1.807) is 23.7 Å². The van der Waals surface area contributed by atoms with Crippen molar-refractivity contribution in [3.05, 3.63) is 68.7 Å². The van der Waals surface area contributed by atoms with Crippen LogP contribution in [0.1, 0.15) is 5.56 Å². The summed E-state index contributed by atoms with van der Waals surface area (Å²) in [7, 11) is 3.49. The molecule has 4 rings (SSSR count). The van der Waals surface area contributed by atoms with Gasteiger partial charge < -0.3 is 4.90 Å². The van der Waals surface area contributed by atoms with E-state index in [0.717, 1.165) is 31.8 Å². The molecule has 2 heterocycles. The maximum Gasteiger partial charge on any atom is 0.279 e. The lowest BCUT2D eigenvalue weighted by Crippen LogP contribution is -2.27. The third-order valence-electron chi connectivity index (χ3n) is 4.24. The summed E-state index contributed by atoms with van der Waals surface area (Å²) < 4.78 is 2.76. The van der Waals surface area contributed by atoms with Crippen LogP contribution in [0, 0.1) is 0 Å². The molecule has 3 aromatic rings. The van der Waals surface area contributed by atoms with E-state index in [4.69, 9.17) is 5.10 Å². The number of hydrogen-bond acceptors (Lipinski definition) is 4. The average molecular weight is 427 g/mol. The number of carbonyl (C=O) groups excluding carboxylic acids is 1. The fourth-order valence-corrected chi connectivity index (χ4v) is 3.97. The van der Waals surface area contributed by atoms with Gasteiger partial charge in [-0.15, -0.1) is 11.3 Å². The van der Waals surface area contributed by atoms with E-state index in [9.17, 15) is 4.79 Å². The Labute approximate surface area is 163 Å². The van der Waals surface area contributed by atoms with Gasteiger partial charge in [0.1, 0.15) is 0 Å². The maximum absolute atomic E-state index is 12.7. The number of thiazole rings is 1. The number of para-hydroxylation sites is 1. The zero-order valence-electron chi connectivity index (χ0n) is 14.2. The molecule has 2 aromatic carbocycles. The van der Waals surface area contributed by atoms with Crippen molar-refractivity contribution in [2.24, 2.45) is 10.1 Å². The van der Waals surface area contributed by atoms with Crippen molar-refractivity contribution in [2.45, 2.75) is 0 Å². The molecule has 1 aromatic heterocycles. The Bertz CT molecular complexity index is 1100. The highest BCUT2D eigenvalue weighted by atomic mass is 79.9. The third kappa shape index (κ3) is 2.73. The van der Waals surface area contributed by atoms with Crippen molar-refractivity contribution in [1.82, 2.24) is 4.68 Å². The number of benzene rings is 2. The Morgan fingerprint density at radius 2 is 1.81 bits per heavy atom. The molecule has 0 aliphatic carbocycles. The highest BCUT2D eigenvalue weighted by Gasteiger charge is 2.31. The molecule has 26 heavy (non-hydrogen) atoms. The zero-order chi connectivity index (χ0) is 18.3. The van der Waals surface area contributed by atoms with Crippen LogP contribution in [0.2, 0.25) is 0 Å². The fourth-order valence-electron chi connectivity index (χ4n) is 2.91. The van der Waals surface area contributed by atoms with Crippen molar-refractivity contribution < 1.29 is 4.79 Å². The van der Waals surface area contributed by atoms with Gasteiger partial charge in [-0.1, -0.05) is 46.3 Å². The summed E-state index contributed by atoms with van der Waals surface area (Å²) in [6, 6.07) is 15.7. The summed E-state index contributed by atoms with van der Waals surface area (Å²) in [5, 5.41) is 6.71. The number of likely N-dealkylation sites (N-methyl/N-ethyl adjacent to an activating group) is 1. The van der Waals surface area contributed by atoms with Gasteiger partial charge in [-0.05, 0) is 18.2 Å². The molecule has 0 radical (unpaired) electrons. The SMILES string of the molecule is CN=c1scc(-c2ccc(Br)cc2)n1N=C1C(=O)N(C)c2ccccc21. The van der Waals surface area contributed by atoms with E-state index in [1.807, 2.05) is 53.9 Å². The van der Waals surface area contributed by atoms with Crippen LogP contribution in [0.4, 0.5) is 5.69 Å². The lowest BCUT2D eigenvalue weighted by atomic mass is 10.1. The van der Waals surface area contributed by atoms with Crippen molar-refractivity contribution in [3.63, 3.8) is 0 Å². The lowest BCUT2D eigenvalue weighted by molar-refractivity contribution is -0.112. The van der Waals surface area contributed by atoms with Gasteiger partial charge >= 0.3 is 0 Å². The van der Waals surface area contributed by atoms with Gasteiger partial charge in [0, 0.05) is 35.1 Å². The van der Waals surface area contributed by atoms with Crippen LogP contribution in [-0.4, -0.2) is 30.4 Å². The molecule has 0 atom stereocenters. The number of nitrogens with zero attached hydrogens (tertiary/aromatic N) is 4. The minimum absolute atomic E-state index is 0.117. The fraction of sp³-hybridized carbons (Fsp3) is 0.105. The Morgan fingerprint density at radius 3 is 2.54 bits per heavy atom. The van der Waals surface area contributed by atoms with Gasteiger partial charge in [0.15, 0.2) is 5.71 Å². The van der Waals surface area contributed by atoms with Crippen LogP contribution in [0.15, 0.2) is 68.5 Å². The molecule has 0 unspecified atom stereocenters. The Hall–Kier alpha value is -2.51. The number of anilines is 1. The summed E-state index contributed by atoms with van der Waals surface area (Å²) in [5.74, 6) is -0.117. The predicted molar refractivity (Wildman–Crippen MR) is 109 cm³/mol. The Balaban J connectivity index is 1.92. The number of hydrogen-bond donors (Lipinski definition) is 0. The number of fused-ring (bicyclic) bond motifs is 1. The number of carbonyl (C=O) groups is 1. The Morgan fingerprint density at radius 1 is 1.08 bits per heavy atom. The van der Waals surface area contributed by atoms with Gasteiger partial charge in [0.05, 0.1) is 11.4 Å². The largest absolute Gasteiger partial charge is 0.309 e. The van der Waals surface area contributed by atoms with Crippen LogP contribution < -0.4 is 9.70 Å². The van der Waals surface area contributed by atoms with Gasteiger partial charge in [0.25, 0.3) is 5.91 Å². The molecule has 1 aliphatic heterocycles. The standard InChI is InChI=1S/C19H15BrN4OS/c1-21-19-24(16(11-26-19)12-7-9-13(20)10-8-12)22-17-14-5-3-4-6-15(14)23(2)18(17)25/h3-11H,1-2H3. The number of amides is 1. The van der Waals surface area contributed by atoms with E-state index in [2.05, 4.69) is 20.9 Å². The zero-order valence-corrected chi connectivity index (χ0v) is 16.6. The number of rotatable bonds is 2. The normalized spacial score (nSPS) is 15.8. The van der Waals surface area contributed by atoms with Crippen LogP contribution in [0.3, 0.4) is 0 Å². The predicted octanol–water partition coefficient (Wildman–Crippen LogP) is 3.74. The first-order chi connectivity index (χ1) is 12.6. The van der Waals surface area contributed by atoms with Crippen molar-refractivity contribution >= 4 is 44.6 Å². The topological polar surface area (TPSA) is 50.0 Å². The van der Waals surface area contributed by atoms with Crippen molar-refractivity contribution in [2.75, 3.05) is 19.0 Å². The van der Waals surface area contributed by atoms with E-state index in [0.29, 0.717) is 5.71 Å². The lowest BCUT2D eigenvalue weighted by Gasteiger charge is -2.07. The minimum Gasteiger partial charge on any atom is -0.309 e. The molecule has 7 heteroatoms. The summed E-state index contributed by atoms with van der Waals surface area (Å²) >= 11 is 4.95. The molecule has 1 amide bonds. The van der Waals surface area contributed by atoms with E-state index in [-0.39, 0.29) is 5.91 Å². The third-order valence-corrected chi connectivity index (χ3v) is 5.68. The van der Waals surface area contributed by atoms with Crippen LogP contribution in [0.25, 0.3) is 11.3 Å². The molecule has 0 spiro atoms. The second-order valence-electron chi connectivity index (χ2n) is 5.78. The molecule has 0 saturated carbocycles. The highest BCUT2D eigenvalue weighted by Crippen LogP contribution is 2.29. The first kappa shape index (κ1) is 16.9. The summed E-state index contributed by atoms with van der Waals surface area (Å²) in [6.45, 7) is 0. The monoisotopic (exact) mass is 426 g/mol. The summed E-state index contributed by atoms with van der Waals surface area (Å²) in [4.78, 5) is 19.4. The second-order valence-corrected chi connectivity index (χ2v) is 7.53. The van der Waals surface area contributed by atoms with Crippen LogP contribution >= 0.6 is 27.3 Å². The van der Waals surface area contributed by atoms with Gasteiger partial charge in [-0.2, -0.15) is 5.10 Å². The molecule has 0 bridgehead atoms. The summed E-state index contributed by atoms with van der Waals surface area (Å²) in [6.07, 6.45) is 0. The smallest absolute Gasteiger partial charge is 0.279 e. The van der Waals surface area contributed by atoms with Gasteiger partial charge in [0.2, 0.25) is 4.80 Å². The quantitative estimate of drug-likeness (QED) is 0.615. The van der Waals surface area contributed by atoms with E-state index >= 15 is 0 Å². The Kier molecular flexibility index (Phi) is 4.34. The van der Waals surface area contributed by atoms with Gasteiger partial charge in [-0.3, -0.25) is 9.79 Å². The first-order valence-corrected chi connectivity index (χ1v) is 9.63. The molecular weight excluding hydrogens is 412 g/mol. The van der Waals surface area contributed by atoms with Crippen LogP contribution in [0.5, 0.6) is 0 Å². The maximum atomic E-state index is 12.7. The number of halogens is 1. The average Bonchev–Trinajstić information content (AvgIpc) is 3.17. The molecule has 5 nitrogen and oxygen atoms in total. The molecular formula is C19H15BrN4OS. The summed E-state index contributed by atoms with van der Waals surface area (Å²) in [5.41, 5.74) is 4.04. The molecule has 1 aliphatic rings. The van der Waals surface area contributed by atoms with E-state index in [1.165, 1.54) is 11.3 Å². The van der Waals surface area contributed by atoms with Crippen LogP contribution in [-0.2, 0) is 4.79 Å². The van der Waals surface area contributed by atoms with E-state index < -0.39 is 0 Å². The first-order valence-electron chi connectivity index (χ1n) is 7.96. The highest BCUT2D eigenvalue weighted by molar-refractivity contribution is 9.10. The number of aromatic nitrogens is 1. The molecule has 0 fully saturated rings. The van der Waals surface area contributed by atoms with Gasteiger partial charge in [-0.25, -0.2) is 4.68 Å². The second kappa shape index (κ2) is 6.66. The minimum atomic E-state index is -0.117.